The van der Waals surface area contributed by atoms with E-state index in [0.29, 0.717) is 0 Å². The van der Waals surface area contributed by atoms with Gasteiger partial charge in [0.1, 0.15) is 5.54 Å². The smallest absolute Gasteiger partial charge is 0.191 e. The van der Waals surface area contributed by atoms with E-state index < -0.39 is 5.00 Å². The molecule has 2 unspecified atom stereocenters. The summed E-state index contributed by atoms with van der Waals surface area (Å²) in [6.07, 6.45) is 0. The molecule has 0 aromatic heterocycles. The zero-order valence-corrected chi connectivity index (χ0v) is 13.9. The molecule has 0 N–H and O–H groups in total. The maximum atomic E-state index is 6.66. The lowest BCUT2D eigenvalue weighted by atomic mass is 9.95. The van der Waals surface area contributed by atoms with E-state index in [4.69, 9.17) is 16.7 Å². The van der Waals surface area contributed by atoms with Crippen molar-refractivity contribution in [2.45, 2.75) is 63.4 Å². The highest BCUT2D eigenvalue weighted by Crippen LogP contribution is 2.68. The van der Waals surface area contributed by atoms with Gasteiger partial charge in [0.2, 0.25) is 0 Å². The first kappa shape index (κ1) is 14.0. The summed E-state index contributed by atoms with van der Waals surface area (Å²) >= 11 is 6.66. The van der Waals surface area contributed by atoms with Crippen LogP contribution in [0, 0.1) is 0 Å². The van der Waals surface area contributed by atoms with Crippen LogP contribution in [0.25, 0.3) is 0 Å². The number of alkyl halides is 1. The van der Waals surface area contributed by atoms with Gasteiger partial charge < -0.3 is 0 Å². The first-order chi connectivity index (χ1) is 9.06. The Labute approximate surface area is 126 Å². The van der Waals surface area contributed by atoms with Gasteiger partial charge in [0, 0.05) is 19.4 Å². The first-order valence-corrected chi connectivity index (χ1v) is 7.52. The summed E-state index contributed by atoms with van der Waals surface area (Å²) in [7, 11) is 0. The SMILES string of the molecule is CC1(C)N=[N+](C(C)(C)Cl)C2(c3ccccc3)N1C2(C)C. The van der Waals surface area contributed by atoms with Crippen molar-refractivity contribution in [3.8, 4) is 0 Å². The second kappa shape index (κ2) is 3.63. The van der Waals surface area contributed by atoms with E-state index >= 15 is 0 Å². The molecule has 2 atom stereocenters. The van der Waals surface area contributed by atoms with Gasteiger partial charge in [-0.25, -0.2) is 0 Å². The molecule has 0 spiro atoms. The van der Waals surface area contributed by atoms with Crippen LogP contribution in [0.3, 0.4) is 0 Å². The van der Waals surface area contributed by atoms with Gasteiger partial charge in [-0.15, -0.1) is 0 Å². The van der Waals surface area contributed by atoms with Gasteiger partial charge in [0.25, 0.3) is 10.7 Å². The van der Waals surface area contributed by atoms with Crippen molar-refractivity contribution in [2.24, 2.45) is 5.11 Å². The maximum Gasteiger partial charge on any atom is 0.292 e. The number of azo groups is 2. The molecular weight excluding hydrogens is 270 g/mol. The average Bonchev–Trinajstić information content (AvgIpc) is 2.69. The predicted octanol–water partition coefficient (Wildman–Crippen LogP) is 4.12. The Morgan fingerprint density at radius 2 is 1.65 bits per heavy atom. The normalized spacial score (nSPS) is 33.5. The third kappa shape index (κ3) is 1.45. The van der Waals surface area contributed by atoms with Crippen LogP contribution in [0.1, 0.15) is 47.1 Å². The number of hydrogen-bond acceptors (Lipinski definition) is 2. The topological polar surface area (TPSA) is 18.4 Å². The van der Waals surface area contributed by atoms with Gasteiger partial charge in [-0.05, 0) is 44.4 Å². The summed E-state index contributed by atoms with van der Waals surface area (Å²) < 4.78 is 2.09. The number of halogens is 1. The molecule has 0 amide bonds. The van der Waals surface area contributed by atoms with Crippen LogP contribution in [-0.4, -0.2) is 25.8 Å². The molecule has 0 radical (unpaired) electrons. The van der Waals surface area contributed by atoms with E-state index in [9.17, 15) is 0 Å². The molecule has 3 nitrogen and oxygen atoms in total. The third-order valence-electron chi connectivity index (χ3n) is 4.56. The average molecular weight is 293 g/mol. The van der Waals surface area contributed by atoms with E-state index in [0.717, 1.165) is 0 Å². The lowest BCUT2D eigenvalue weighted by molar-refractivity contribution is -0.690. The minimum Gasteiger partial charge on any atom is -0.191 e. The van der Waals surface area contributed by atoms with E-state index in [-0.39, 0.29) is 16.9 Å². The largest absolute Gasteiger partial charge is 0.292 e. The van der Waals surface area contributed by atoms with Crippen molar-refractivity contribution in [2.75, 3.05) is 0 Å². The van der Waals surface area contributed by atoms with Crippen molar-refractivity contribution < 1.29 is 4.70 Å². The van der Waals surface area contributed by atoms with Crippen LogP contribution in [0.15, 0.2) is 35.4 Å². The fourth-order valence-electron chi connectivity index (χ4n) is 4.14. The van der Waals surface area contributed by atoms with Crippen molar-refractivity contribution in [1.82, 2.24) is 4.90 Å². The Bertz CT molecular complexity index is 583. The number of benzene rings is 1. The molecule has 2 heterocycles. The summed E-state index contributed by atoms with van der Waals surface area (Å²) in [4.78, 5) is 1.92. The van der Waals surface area contributed by atoms with Gasteiger partial charge in [-0.3, -0.25) is 0 Å². The van der Waals surface area contributed by atoms with Crippen molar-refractivity contribution in [3.63, 3.8) is 0 Å². The molecule has 3 rings (SSSR count). The molecule has 1 fully saturated rings. The predicted molar refractivity (Wildman–Crippen MR) is 80.7 cm³/mol. The van der Waals surface area contributed by atoms with Crippen molar-refractivity contribution in [3.05, 3.63) is 35.9 Å². The number of rotatable bonds is 2. The molecule has 1 aromatic carbocycles. The molecule has 2 aliphatic rings. The van der Waals surface area contributed by atoms with E-state index in [1.165, 1.54) is 5.56 Å². The second-order valence-electron chi connectivity index (χ2n) is 7.25. The minimum absolute atomic E-state index is 0.00572. The molecule has 1 aromatic rings. The third-order valence-corrected chi connectivity index (χ3v) is 4.72. The summed E-state index contributed by atoms with van der Waals surface area (Å²) in [6, 6.07) is 10.6. The number of nitrogens with zero attached hydrogens (tertiary/aromatic N) is 3. The van der Waals surface area contributed by atoms with Crippen molar-refractivity contribution in [1.29, 1.82) is 0 Å². The first-order valence-electron chi connectivity index (χ1n) is 7.14. The van der Waals surface area contributed by atoms with Gasteiger partial charge in [-0.1, -0.05) is 35.0 Å². The summed E-state index contributed by atoms with van der Waals surface area (Å²) in [5, 5.41) is 4.89. The standard InChI is InChI=1S/C16H23ClN3/c1-13(2)16(12-10-8-7-9-11-12)19(13)15(5,6)18-20(16)14(3,4)17/h7-11H,1-6H3/q+1. The Hall–Kier alpha value is -0.930. The van der Waals surface area contributed by atoms with Crippen LogP contribution in [0.4, 0.5) is 0 Å². The molecule has 20 heavy (non-hydrogen) atoms. The van der Waals surface area contributed by atoms with E-state index in [1.807, 2.05) is 19.9 Å². The highest BCUT2D eigenvalue weighted by molar-refractivity contribution is 6.22. The molecule has 2 aliphatic heterocycles. The molecule has 0 saturated carbocycles. The zero-order chi connectivity index (χ0) is 15.0. The Morgan fingerprint density at radius 3 is 2.10 bits per heavy atom. The summed E-state index contributed by atoms with van der Waals surface area (Å²) in [6.45, 7) is 12.9. The van der Waals surface area contributed by atoms with E-state index in [2.05, 4.69) is 61.6 Å². The fraction of sp³-hybridized carbons (Fsp3) is 0.625. The Morgan fingerprint density at radius 1 is 1.10 bits per heavy atom. The quantitative estimate of drug-likeness (QED) is 0.347. The van der Waals surface area contributed by atoms with Crippen molar-refractivity contribution >= 4 is 11.6 Å². The minimum atomic E-state index is -0.532. The Balaban J connectivity index is 2.25. The second-order valence-corrected chi connectivity index (χ2v) is 8.17. The fourth-order valence-corrected chi connectivity index (χ4v) is 4.30. The summed E-state index contributed by atoms with van der Waals surface area (Å²) in [5.41, 5.74) is 0.772. The monoisotopic (exact) mass is 292 g/mol. The van der Waals surface area contributed by atoms with Crippen LogP contribution in [-0.2, 0) is 5.66 Å². The van der Waals surface area contributed by atoms with Crippen LogP contribution < -0.4 is 0 Å². The summed E-state index contributed by atoms with van der Waals surface area (Å²) in [5.74, 6) is 0. The van der Waals surface area contributed by atoms with E-state index in [1.54, 1.807) is 0 Å². The highest BCUT2D eigenvalue weighted by Gasteiger charge is 2.89. The molecule has 4 heteroatoms. The van der Waals surface area contributed by atoms with Gasteiger partial charge in [-0.2, -0.15) is 4.90 Å². The molecule has 1 saturated heterocycles. The molecule has 0 aliphatic carbocycles. The Kier molecular flexibility index (Phi) is 2.55. The molecule has 108 valence electrons. The van der Waals surface area contributed by atoms with Gasteiger partial charge >= 0.3 is 0 Å². The van der Waals surface area contributed by atoms with Gasteiger partial charge in [0.05, 0.1) is 0 Å². The lowest BCUT2D eigenvalue weighted by Gasteiger charge is -2.21. The number of hydrogen-bond donors (Lipinski definition) is 0. The van der Waals surface area contributed by atoms with Crippen LogP contribution in [0.2, 0.25) is 0 Å². The van der Waals surface area contributed by atoms with Crippen LogP contribution in [0.5, 0.6) is 0 Å². The highest BCUT2D eigenvalue weighted by atomic mass is 35.5. The lowest BCUT2D eigenvalue weighted by Crippen LogP contribution is -2.41. The molecule has 0 bridgehead atoms. The maximum absolute atomic E-state index is 6.66. The molecular formula is C16H23ClN3+. The van der Waals surface area contributed by atoms with Crippen LogP contribution >= 0.6 is 11.6 Å². The van der Waals surface area contributed by atoms with Gasteiger partial charge in [0.15, 0.2) is 5.66 Å². The zero-order valence-electron chi connectivity index (χ0n) is 13.1. The number of fused-ring (bicyclic) bond motifs is 1.